The summed E-state index contributed by atoms with van der Waals surface area (Å²) in [5, 5.41) is 7.53. The van der Waals surface area contributed by atoms with Crippen molar-refractivity contribution in [2.24, 2.45) is 11.8 Å². The zero-order valence-corrected chi connectivity index (χ0v) is 13.2. The third kappa shape index (κ3) is 4.58. The lowest BCUT2D eigenvalue weighted by Gasteiger charge is -2.26. The Kier molecular flexibility index (Phi) is 6.02. The summed E-state index contributed by atoms with van der Waals surface area (Å²) in [4.78, 5) is 4.56. The predicted octanol–water partition coefficient (Wildman–Crippen LogP) is 3.89. The Hall–Kier alpha value is -0.900. The van der Waals surface area contributed by atoms with E-state index >= 15 is 0 Å². The van der Waals surface area contributed by atoms with Gasteiger partial charge in [-0.15, -0.1) is 0 Å². The second-order valence-electron chi connectivity index (χ2n) is 6.58. The molecule has 0 spiro atoms. The molecule has 0 bridgehead atoms. The molecule has 0 aromatic carbocycles. The van der Waals surface area contributed by atoms with E-state index in [9.17, 15) is 0 Å². The summed E-state index contributed by atoms with van der Waals surface area (Å²) in [5.41, 5.74) is 0. The molecule has 1 heterocycles. The van der Waals surface area contributed by atoms with E-state index in [0.717, 1.165) is 24.2 Å². The van der Waals surface area contributed by atoms with Crippen molar-refractivity contribution in [2.75, 3.05) is 6.54 Å². The van der Waals surface area contributed by atoms with E-state index in [2.05, 4.69) is 36.2 Å². The molecular weight excluding hydrogens is 250 g/mol. The average Bonchev–Trinajstić information content (AvgIpc) is 2.88. The highest BCUT2D eigenvalue weighted by molar-refractivity contribution is 4.97. The summed E-state index contributed by atoms with van der Waals surface area (Å²) in [7, 11) is 0. The smallest absolute Gasteiger partial charge is 0.240 e. The monoisotopic (exact) mass is 279 g/mol. The molecule has 1 aromatic heterocycles. The van der Waals surface area contributed by atoms with E-state index < -0.39 is 0 Å². The molecule has 1 saturated carbocycles. The Morgan fingerprint density at radius 3 is 2.65 bits per heavy atom. The van der Waals surface area contributed by atoms with Crippen LogP contribution >= 0.6 is 0 Å². The summed E-state index contributed by atoms with van der Waals surface area (Å²) in [5.74, 6) is 3.75. The molecule has 4 heteroatoms. The van der Waals surface area contributed by atoms with Gasteiger partial charge < -0.3 is 9.84 Å². The van der Waals surface area contributed by atoms with Gasteiger partial charge in [-0.2, -0.15) is 4.98 Å². The highest BCUT2D eigenvalue weighted by atomic mass is 16.5. The number of nitrogens with one attached hydrogen (secondary N) is 1. The van der Waals surface area contributed by atoms with Gasteiger partial charge in [0.1, 0.15) is 0 Å². The number of rotatable bonds is 7. The molecule has 20 heavy (non-hydrogen) atoms. The molecule has 1 aliphatic carbocycles. The third-order valence-corrected chi connectivity index (χ3v) is 4.22. The van der Waals surface area contributed by atoms with E-state index in [-0.39, 0.29) is 0 Å². The van der Waals surface area contributed by atoms with Crippen molar-refractivity contribution in [3.63, 3.8) is 0 Å². The zero-order valence-electron chi connectivity index (χ0n) is 13.2. The lowest BCUT2D eigenvalue weighted by atomic mass is 9.80. The minimum Gasteiger partial charge on any atom is -0.338 e. The van der Waals surface area contributed by atoms with Gasteiger partial charge in [-0.25, -0.2) is 0 Å². The molecule has 1 aliphatic rings. The standard InChI is InChI=1S/C16H29N3O/c1-4-5-13-6-8-14(9-7-13)16-18-15(20-19-16)11-17-10-12(2)3/h12-14,17H,4-11H2,1-3H3. The lowest BCUT2D eigenvalue weighted by molar-refractivity contribution is 0.294. The molecule has 2 rings (SSSR count). The molecule has 0 saturated heterocycles. The summed E-state index contributed by atoms with van der Waals surface area (Å²) >= 11 is 0. The fourth-order valence-corrected chi connectivity index (χ4v) is 3.09. The first-order chi connectivity index (χ1) is 9.69. The summed E-state index contributed by atoms with van der Waals surface area (Å²) < 4.78 is 5.35. The number of nitrogens with zero attached hydrogens (tertiary/aromatic N) is 2. The quantitative estimate of drug-likeness (QED) is 0.822. The van der Waals surface area contributed by atoms with E-state index in [0.29, 0.717) is 18.4 Å². The SMILES string of the molecule is CCCC1CCC(c2noc(CNCC(C)C)n2)CC1. The number of hydrogen-bond acceptors (Lipinski definition) is 4. The van der Waals surface area contributed by atoms with Crippen LogP contribution in [0, 0.1) is 11.8 Å². The average molecular weight is 279 g/mol. The summed E-state index contributed by atoms with van der Waals surface area (Å²) in [6.45, 7) is 8.35. The van der Waals surface area contributed by atoms with Gasteiger partial charge in [0.15, 0.2) is 5.82 Å². The second-order valence-corrected chi connectivity index (χ2v) is 6.58. The Balaban J connectivity index is 1.78. The topological polar surface area (TPSA) is 51.0 Å². The molecule has 1 fully saturated rings. The van der Waals surface area contributed by atoms with Crippen LogP contribution in [0.1, 0.15) is 76.9 Å². The van der Waals surface area contributed by atoms with Crippen LogP contribution in [0.15, 0.2) is 4.52 Å². The first-order valence-corrected chi connectivity index (χ1v) is 8.22. The predicted molar refractivity (Wildman–Crippen MR) is 80.4 cm³/mol. The van der Waals surface area contributed by atoms with E-state index in [1.807, 2.05) is 0 Å². The highest BCUT2D eigenvalue weighted by Gasteiger charge is 2.25. The van der Waals surface area contributed by atoms with Gasteiger partial charge in [0, 0.05) is 5.92 Å². The molecule has 0 amide bonds. The van der Waals surface area contributed by atoms with Crippen molar-refractivity contribution in [3.8, 4) is 0 Å². The fraction of sp³-hybridized carbons (Fsp3) is 0.875. The second kappa shape index (κ2) is 7.77. The molecule has 0 atom stereocenters. The third-order valence-electron chi connectivity index (χ3n) is 4.22. The molecule has 114 valence electrons. The van der Waals surface area contributed by atoms with Crippen LogP contribution in [0.3, 0.4) is 0 Å². The van der Waals surface area contributed by atoms with Crippen molar-refractivity contribution in [1.29, 1.82) is 0 Å². The minimum absolute atomic E-state index is 0.519. The Morgan fingerprint density at radius 2 is 2.00 bits per heavy atom. The maximum absolute atomic E-state index is 5.35. The van der Waals surface area contributed by atoms with Crippen molar-refractivity contribution >= 4 is 0 Å². The van der Waals surface area contributed by atoms with Crippen LogP contribution in [0.2, 0.25) is 0 Å². The normalized spacial score (nSPS) is 23.4. The van der Waals surface area contributed by atoms with E-state index in [1.165, 1.54) is 38.5 Å². The highest BCUT2D eigenvalue weighted by Crippen LogP contribution is 2.36. The van der Waals surface area contributed by atoms with Gasteiger partial charge in [0.2, 0.25) is 5.89 Å². The first-order valence-electron chi connectivity index (χ1n) is 8.22. The lowest BCUT2D eigenvalue weighted by Crippen LogP contribution is -2.19. The van der Waals surface area contributed by atoms with Crippen molar-refractivity contribution in [3.05, 3.63) is 11.7 Å². The molecule has 0 radical (unpaired) electrons. The Morgan fingerprint density at radius 1 is 1.25 bits per heavy atom. The minimum atomic E-state index is 0.519. The van der Waals surface area contributed by atoms with Gasteiger partial charge in [-0.05, 0) is 44.1 Å². The summed E-state index contributed by atoms with van der Waals surface area (Å²) in [6, 6.07) is 0. The zero-order chi connectivity index (χ0) is 14.4. The van der Waals surface area contributed by atoms with Crippen LogP contribution < -0.4 is 5.32 Å². The fourth-order valence-electron chi connectivity index (χ4n) is 3.09. The van der Waals surface area contributed by atoms with Gasteiger partial charge in [-0.1, -0.05) is 38.8 Å². The van der Waals surface area contributed by atoms with Crippen LogP contribution in [0.25, 0.3) is 0 Å². The van der Waals surface area contributed by atoms with Crippen LogP contribution in [-0.4, -0.2) is 16.7 Å². The van der Waals surface area contributed by atoms with Gasteiger partial charge in [0.25, 0.3) is 0 Å². The van der Waals surface area contributed by atoms with Crippen molar-refractivity contribution in [2.45, 2.75) is 71.8 Å². The first kappa shape index (κ1) is 15.5. The van der Waals surface area contributed by atoms with Crippen molar-refractivity contribution in [1.82, 2.24) is 15.5 Å². The Bertz CT molecular complexity index is 381. The van der Waals surface area contributed by atoms with Gasteiger partial charge in [0.05, 0.1) is 6.54 Å². The molecule has 4 nitrogen and oxygen atoms in total. The summed E-state index contributed by atoms with van der Waals surface area (Å²) in [6.07, 6.45) is 7.79. The van der Waals surface area contributed by atoms with Crippen molar-refractivity contribution < 1.29 is 4.52 Å². The maximum Gasteiger partial charge on any atom is 0.240 e. The Labute approximate surface area is 122 Å². The van der Waals surface area contributed by atoms with E-state index in [1.54, 1.807) is 0 Å². The largest absolute Gasteiger partial charge is 0.338 e. The molecule has 0 unspecified atom stereocenters. The van der Waals surface area contributed by atoms with Crippen LogP contribution in [0.4, 0.5) is 0 Å². The molecular formula is C16H29N3O. The van der Waals surface area contributed by atoms with Gasteiger partial charge >= 0.3 is 0 Å². The number of hydrogen-bond donors (Lipinski definition) is 1. The van der Waals surface area contributed by atoms with Gasteiger partial charge in [-0.3, -0.25) is 0 Å². The maximum atomic E-state index is 5.35. The number of aromatic nitrogens is 2. The van der Waals surface area contributed by atoms with Crippen LogP contribution in [-0.2, 0) is 6.54 Å². The molecule has 0 aliphatic heterocycles. The van der Waals surface area contributed by atoms with E-state index in [4.69, 9.17) is 4.52 Å². The van der Waals surface area contributed by atoms with Crippen LogP contribution in [0.5, 0.6) is 0 Å². The molecule has 1 N–H and O–H groups in total. The molecule has 1 aromatic rings.